The molecule has 4 aliphatic carbocycles. The summed E-state index contributed by atoms with van der Waals surface area (Å²) in [6.45, 7) is 3.09. The molecule has 0 aromatic heterocycles. The second-order valence-electron chi connectivity index (χ2n) is 8.68. The molecule has 0 atom stereocenters. The van der Waals surface area contributed by atoms with Gasteiger partial charge in [-0.1, -0.05) is 0 Å². The smallest absolute Gasteiger partial charge is 0.275 e. The molecule has 0 aromatic rings. The van der Waals surface area contributed by atoms with Crippen LogP contribution in [0.5, 0.6) is 0 Å². The largest absolute Gasteiger partial charge is 0.346 e. The van der Waals surface area contributed by atoms with Crippen LogP contribution < -0.4 is 5.32 Å². The predicted octanol–water partition coefficient (Wildman–Crippen LogP) is 2.31. The lowest BCUT2D eigenvalue weighted by Gasteiger charge is -2.57. The van der Waals surface area contributed by atoms with Crippen molar-refractivity contribution < 1.29 is 9.28 Å². The quantitative estimate of drug-likeness (QED) is 0.788. The highest BCUT2D eigenvalue weighted by molar-refractivity contribution is 5.78. The SMILES string of the molecule is C[N+]1(CC(=O)NC23CC4CC(CC(C4)C2)C3)CCCC1. The van der Waals surface area contributed by atoms with E-state index in [4.69, 9.17) is 0 Å². The van der Waals surface area contributed by atoms with Gasteiger partial charge in [-0.2, -0.15) is 0 Å². The lowest BCUT2D eigenvalue weighted by atomic mass is 9.53. The Morgan fingerprint density at radius 1 is 1.05 bits per heavy atom. The molecule has 0 radical (unpaired) electrons. The van der Waals surface area contributed by atoms with E-state index in [1.54, 1.807) is 0 Å². The molecular formula is C17H29N2O+. The van der Waals surface area contributed by atoms with Crippen molar-refractivity contribution >= 4 is 5.91 Å². The van der Waals surface area contributed by atoms with Crippen LogP contribution in [0.15, 0.2) is 0 Å². The molecule has 1 saturated heterocycles. The molecule has 3 heteroatoms. The summed E-state index contributed by atoms with van der Waals surface area (Å²) in [7, 11) is 2.26. The molecule has 0 unspecified atom stereocenters. The van der Waals surface area contributed by atoms with Crippen molar-refractivity contribution in [1.82, 2.24) is 5.32 Å². The highest BCUT2D eigenvalue weighted by Gasteiger charge is 2.51. The highest BCUT2D eigenvalue weighted by atomic mass is 16.2. The molecular weight excluding hydrogens is 248 g/mol. The maximum absolute atomic E-state index is 12.6. The first kappa shape index (κ1) is 13.1. The summed E-state index contributed by atoms with van der Waals surface area (Å²) in [5.41, 5.74) is 0.199. The topological polar surface area (TPSA) is 29.1 Å². The van der Waals surface area contributed by atoms with Crippen LogP contribution in [0.2, 0.25) is 0 Å². The zero-order chi connectivity index (χ0) is 13.8. The molecule has 0 spiro atoms. The lowest BCUT2D eigenvalue weighted by Crippen LogP contribution is -2.62. The first-order valence-corrected chi connectivity index (χ1v) is 8.69. The molecule has 3 nitrogen and oxygen atoms in total. The summed E-state index contributed by atoms with van der Waals surface area (Å²) in [4.78, 5) is 12.6. The van der Waals surface area contributed by atoms with E-state index in [-0.39, 0.29) is 5.54 Å². The molecule has 5 aliphatic rings. The number of likely N-dealkylation sites (tertiary alicyclic amines) is 1. The van der Waals surface area contributed by atoms with Crippen LogP contribution in [0.3, 0.4) is 0 Å². The van der Waals surface area contributed by atoms with E-state index in [9.17, 15) is 4.79 Å². The van der Waals surface area contributed by atoms with Gasteiger partial charge in [0.15, 0.2) is 6.54 Å². The minimum absolute atomic E-state index is 0.199. The van der Waals surface area contributed by atoms with E-state index in [2.05, 4.69) is 12.4 Å². The Morgan fingerprint density at radius 3 is 2.05 bits per heavy atom. The Balaban J connectivity index is 1.42. The maximum atomic E-state index is 12.6. The van der Waals surface area contributed by atoms with Gasteiger partial charge in [0.1, 0.15) is 0 Å². The molecule has 1 heterocycles. The Labute approximate surface area is 122 Å². The standard InChI is InChI=1S/C17H28N2O/c1-19(4-2-3-5-19)12-16(20)18-17-9-13-6-14(10-17)8-15(7-13)11-17/h13-15H,2-12H2,1H3/p+1. The zero-order valence-corrected chi connectivity index (χ0v) is 12.9. The van der Waals surface area contributed by atoms with Crippen molar-refractivity contribution in [3.8, 4) is 0 Å². The molecule has 20 heavy (non-hydrogen) atoms. The molecule has 0 aromatic carbocycles. The molecule has 1 aliphatic heterocycles. The van der Waals surface area contributed by atoms with Crippen molar-refractivity contribution in [2.45, 2.75) is 56.9 Å². The minimum Gasteiger partial charge on any atom is -0.346 e. The fraction of sp³-hybridized carbons (Fsp3) is 0.941. The van der Waals surface area contributed by atoms with Crippen LogP contribution >= 0.6 is 0 Å². The van der Waals surface area contributed by atoms with E-state index < -0.39 is 0 Å². The Morgan fingerprint density at radius 2 is 1.55 bits per heavy atom. The van der Waals surface area contributed by atoms with Gasteiger partial charge in [0.25, 0.3) is 5.91 Å². The van der Waals surface area contributed by atoms with Crippen molar-refractivity contribution in [3.63, 3.8) is 0 Å². The summed E-state index contributed by atoms with van der Waals surface area (Å²) < 4.78 is 0.970. The lowest BCUT2D eigenvalue weighted by molar-refractivity contribution is -0.889. The summed E-state index contributed by atoms with van der Waals surface area (Å²) in [5.74, 6) is 3.07. The second kappa shape index (κ2) is 4.46. The van der Waals surface area contributed by atoms with Gasteiger partial charge >= 0.3 is 0 Å². The molecule has 1 amide bonds. The molecule has 4 saturated carbocycles. The number of carbonyl (C=O) groups excluding carboxylic acids is 1. The zero-order valence-electron chi connectivity index (χ0n) is 12.9. The second-order valence-corrected chi connectivity index (χ2v) is 8.68. The fourth-order valence-electron chi connectivity index (χ4n) is 6.20. The number of nitrogens with one attached hydrogen (secondary N) is 1. The average Bonchev–Trinajstić information content (AvgIpc) is 2.72. The fourth-order valence-corrected chi connectivity index (χ4v) is 6.20. The minimum atomic E-state index is 0.199. The highest BCUT2D eigenvalue weighted by Crippen LogP contribution is 2.55. The number of nitrogens with zero attached hydrogens (tertiary/aromatic N) is 1. The number of rotatable bonds is 3. The first-order chi connectivity index (χ1) is 9.54. The van der Waals surface area contributed by atoms with E-state index in [1.807, 2.05) is 0 Å². The number of hydrogen-bond acceptors (Lipinski definition) is 1. The molecule has 1 N–H and O–H groups in total. The van der Waals surface area contributed by atoms with Crippen LogP contribution in [0.1, 0.15) is 51.4 Å². The monoisotopic (exact) mass is 277 g/mol. The Bertz CT molecular complexity index is 376. The Kier molecular flexibility index (Phi) is 2.93. The third kappa shape index (κ3) is 2.28. The van der Waals surface area contributed by atoms with Crippen molar-refractivity contribution in [1.29, 1.82) is 0 Å². The van der Waals surface area contributed by atoms with Gasteiger partial charge in [-0.15, -0.1) is 0 Å². The van der Waals surface area contributed by atoms with Crippen LogP contribution in [0, 0.1) is 17.8 Å². The Hall–Kier alpha value is -0.570. The van der Waals surface area contributed by atoms with Gasteiger partial charge in [-0.05, 0) is 56.3 Å². The molecule has 4 bridgehead atoms. The summed E-state index contributed by atoms with van der Waals surface area (Å²) in [6.07, 6.45) is 10.7. The van der Waals surface area contributed by atoms with E-state index in [0.717, 1.165) is 22.2 Å². The molecule has 112 valence electrons. The molecule has 5 fully saturated rings. The van der Waals surface area contributed by atoms with E-state index in [0.29, 0.717) is 12.5 Å². The van der Waals surface area contributed by atoms with Gasteiger partial charge in [0.05, 0.1) is 20.1 Å². The van der Waals surface area contributed by atoms with Gasteiger partial charge in [-0.3, -0.25) is 4.79 Å². The van der Waals surface area contributed by atoms with Crippen molar-refractivity contribution in [3.05, 3.63) is 0 Å². The van der Waals surface area contributed by atoms with Gasteiger partial charge in [-0.25, -0.2) is 0 Å². The van der Waals surface area contributed by atoms with E-state index >= 15 is 0 Å². The van der Waals surface area contributed by atoms with Crippen LogP contribution in [0.25, 0.3) is 0 Å². The predicted molar refractivity (Wildman–Crippen MR) is 79.1 cm³/mol. The van der Waals surface area contributed by atoms with Gasteiger partial charge in [0.2, 0.25) is 0 Å². The number of hydrogen-bond donors (Lipinski definition) is 1. The van der Waals surface area contributed by atoms with Crippen LogP contribution in [-0.4, -0.2) is 42.6 Å². The number of amides is 1. The third-order valence-corrected chi connectivity index (χ3v) is 6.61. The third-order valence-electron chi connectivity index (χ3n) is 6.61. The van der Waals surface area contributed by atoms with Crippen LogP contribution in [-0.2, 0) is 4.79 Å². The summed E-state index contributed by atoms with van der Waals surface area (Å²) in [5, 5.41) is 3.52. The normalized spacial score (nSPS) is 44.8. The number of likely N-dealkylation sites (N-methyl/N-ethyl adjacent to an activating group) is 1. The number of carbonyl (C=O) groups is 1. The van der Waals surface area contributed by atoms with Crippen molar-refractivity contribution in [2.24, 2.45) is 17.8 Å². The van der Waals surface area contributed by atoms with E-state index in [1.165, 1.54) is 64.5 Å². The van der Waals surface area contributed by atoms with Crippen LogP contribution in [0.4, 0.5) is 0 Å². The van der Waals surface area contributed by atoms with Gasteiger partial charge < -0.3 is 9.80 Å². The first-order valence-electron chi connectivity index (χ1n) is 8.69. The summed E-state index contributed by atoms with van der Waals surface area (Å²) >= 11 is 0. The molecule has 5 rings (SSSR count). The number of quaternary nitrogens is 1. The summed E-state index contributed by atoms with van der Waals surface area (Å²) in [6, 6.07) is 0. The maximum Gasteiger partial charge on any atom is 0.275 e. The average molecular weight is 277 g/mol. The van der Waals surface area contributed by atoms with Gasteiger partial charge in [0, 0.05) is 18.4 Å². The van der Waals surface area contributed by atoms with Crippen molar-refractivity contribution in [2.75, 3.05) is 26.7 Å².